The summed E-state index contributed by atoms with van der Waals surface area (Å²) in [6.07, 6.45) is 0.682. The lowest BCUT2D eigenvalue weighted by Crippen LogP contribution is -2.35. The lowest BCUT2D eigenvalue weighted by molar-refractivity contribution is 0.0974. The number of fused-ring (bicyclic) bond motifs is 3. The number of halogens is 1. The number of rotatable bonds is 8. The molecule has 0 fully saturated rings. The fourth-order valence-corrected chi connectivity index (χ4v) is 4.16. The van der Waals surface area contributed by atoms with E-state index in [0.29, 0.717) is 25.9 Å². The van der Waals surface area contributed by atoms with Gasteiger partial charge in [-0.2, -0.15) is 0 Å². The van der Waals surface area contributed by atoms with Crippen molar-refractivity contribution in [3.05, 3.63) is 95.3 Å². The Kier molecular flexibility index (Phi) is 6.63. The van der Waals surface area contributed by atoms with Gasteiger partial charge in [0.15, 0.2) is 0 Å². The van der Waals surface area contributed by atoms with Crippen molar-refractivity contribution in [2.24, 2.45) is 0 Å². The number of ether oxygens (including phenoxy) is 1. The predicted molar refractivity (Wildman–Crippen MR) is 118 cm³/mol. The van der Waals surface area contributed by atoms with Gasteiger partial charge in [-0.3, -0.25) is 0 Å². The van der Waals surface area contributed by atoms with Gasteiger partial charge >= 0.3 is 6.09 Å². The Morgan fingerprint density at radius 2 is 1.52 bits per heavy atom. The van der Waals surface area contributed by atoms with Crippen LogP contribution in [0.25, 0.3) is 11.1 Å². The molecular formula is C26H26FNO3. The minimum atomic E-state index is -0.391. The van der Waals surface area contributed by atoms with Crippen LogP contribution in [0.1, 0.15) is 29.0 Å². The molecule has 0 bridgehead atoms. The number of benzene rings is 3. The highest BCUT2D eigenvalue weighted by atomic mass is 19.1. The first-order chi connectivity index (χ1) is 15.2. The van der Waals surface area contributed by atoms with Gasteiger partial charge in [-0.25, -0.2) is 9.18 Å². The molecule has 4 nitrogen and oxygen atoms in total. The molecule has 31 heavy (non-hydrogen) atoms. The second-order valence-electron chi connectivity index (χ2n) is 7.74. The lowest BCUT2D eigenvalue weighted by Gasteiger charge is -2.23. The Bertz CT molecular complexity index is 989. The van der Waals surface area contributed by atoms with E-state index < -0.39 is 6.09 Å². The van der Waals surface area contributed by atoms with Crippen molar-refractivity contribution in [3.63, 3.8) is 0 Å². The average Bonchev–Trinajstić information content (AvgIpc) is 3.12. The molecule has 3 aromatic carbocycles. The summed E-state index contributed by atoms with van der Waals surface area (Å²) in [7, 11) is 0. The van der Waals surface area contributed by atoms with Crippen molar-refractivity contribution in [1.29, 1.82) is 0 Å². The molecule has 160 valence electrons. The van der Waals surface area contributed by atoms with Crippen LogP contribution in [-0.4, -0.2) is 42.4 Å². The van der Waals surface area contributed by atoms with Gasteiger partial charge in [-0.1, -0.05) is 60.7 Å². The number of hydrogen-bond donors (Lipinski definition) is 1. The summed E-state index contributed by atoms with van der Waals surface area (Å²) in [4.78, 5) is 14.5. The third kappa shape index (κ3) is 4.78. The molecule has 5 heteroatoms. The highest BCUT2D eigenvalue weighted by molar-refractivity contribution is 5.79. The van der Waals surface area contributed by atoms with Gasteiger partial charge in [0, 0.05) is 25.6 Å². The monoisotopic (exact) mass is 419 g/mol. The van der Waals surface area contributed by atoms with Crippen molar-refractivity contribution >= 4 is 6.09 Å². The van der Waals surface area contributed by atoms with Crippen LogP contribution >= 0.6 is 0 Å². The number of aliphatic hydroxyl groups is 1. The van der Waals surface area contributed by atoms with Crippen LogP contribution < -0.4 is 0 Å². The zero-order chi connectivity index (χ0) is 21.6. The largest absolute Gasteiger partial charge is 0.448 e. The highest BCUT2D eigenvalue weighted by Crippen LogP contribution is 2.44. The first-order valence-corrected chi connectivity index (χ1v) is 10.6. The molecule has 1 amide bonds. The van der Waals surface area contributed by atoms with E-state index in [1.165, 1.54) is 34.4 Å². The summed E-state index contributed by atoms with van der Waals surface area (Å²) in [5.74, 6) is -0.273. The zero-order valence-electron chi connectivity index (χ0n) is 17.3. The van der Waals surface area contributed by atoms with Crippen LogP contribution in [0.3, 0.4) is 0 Å². The van der Waals surface area contributed by atoms with E-state index in [1.807, 2.05) is 24.3 Å². The van der Waals surface area contributed by atoms with Crippen LogP contribution in [0.15, 0.2) is 72.8 Å². The number of carbonyl (C=O) groups is 1. The van der Waals surface area contributed by atoms with E-state index in [2.05, 4.69) is 24.3 Å². The SMILES string of the molecule is O=C(OCC1c2ccccc2-c2ccccc21)N(CCCO)CCc1ccc(F)cc1. The molecule has 0 saturated heterocycles. The maximum atomic E-state index is 13.1. The third-order valence-corrected chi connectivity index (χ3v) is 5.76. The van der Waals surface area contributed by atoms with Crippen molar-refractivity contribution in [3.8, 4) is 11.1 Å². The van der Waals surface area contributed by atoms with Crippen LogP contribution in [-0.2, 0) is 11.2 Å². The molecule has 0 spiro atoms. The molecule has 1 aliphatic carbocycles. The first kappa shape index (κ1) is 21.1. The van der Waals surface area contributed by atoms with Crippen molar-refractivity contribution in [1.82, 2.24) is 4.90 Å². The second kappa shape index (κ2) is 9.75. The third-order valence-electron chi connectivity index (χ3n) is 5.76. The molecule has 0 unspecified atom stereocenters. The van der Waals surface area contributed by atoms with E-state index in [9.17, 15) is 14.3 Å². The molecule has 0 heterocycles. The van der Waals surface area contributed by atoms with Gasteiger partial charge in [-0.15, -0.1) is 0 Å². The van der Waals surface area contributed by atoms with Crippen molar-refractivity contribution in [2.75, 3.05) is 26.3 Å². The molecule has 1 N–H and O–H groups in total. The van der Waals surface area contributed by atoms with Crippen molar-refractivity contribution in [2.45, 2.75) is 18.8 Å². The minimum Gasteiger partial charge on any atom is -0.448 e. The highest BCUT2D eigenvalue weighted by Gasteiger charge is 2.29. The average molecular weight is 419 g/mol. The van der Waals surface area contributed by atoms with E-state index in [-0.39, 0.29) is 24.9 Å². The Hall–Kier alpha value is -3.18. The van der Waals surface area contributed by atoms with Gasteiger partial charge in [0.25, 0.3) is 0 Å². The second-order valence-corrected chi connectivity index (χ2v) is 7.74. The fourth-order valence-electron chi connectivity index (χ4n) is 4.16. The Balaban J connectivity index is 1.43. The Labute approximate surface area is 181 Å². The maximum Gasteiger partial charge on any atom is 0.409 e. The number of nitrogens with zero attached hydrogens (tertiary/aromatic N) is 1. The standard InChI is InChI=1S/C26H26FNO3/c27-20-12-10-19(11-13-20)14-16-28(15-5-17-29)26(30)31-18-25-23-8-3-1-6-21(23)22-7-2-4-9-24(22)25/h1-4,6-13,25,29H,5,14-18H2. The minimum absolute atomic E-state index is 0.00367. The van der Waals surface area contributed by atoms with Crippen LogP contribution in [0.4, 0.5) is 9.18 Å². The topological polar surface area (TPSA) is 49.8 Å². The Morgan fingerprint density at radius 1 is 0.903 bits per heavy atom. The quantitative estimate of drug-likeness (QED) is 0.559. The van der Waals surface area contributed by atoms with E-state index in [1.54, 1.807) is 17.0 Å². The summed E-state index contributed by atoms with van der Waals surface area (Å²) in [5.41, 5.74) is 5.66. The molecule has 0 aromatic heterocycles. The van der Waals surface area contributed by atoms with Crippen LogP contribution in [0.5, 0.6) is 0 Å². The maximum absolute atomic E-state index is 13.1. The molecule has 4 rings (SSSR count). The molecule has 3 aromatic rings. The molecule has 0 radical (unpaired) electrons. The molecule has 0 aliphatic heterocycles. The van der Waals surface area contributed by atoms with Gasteiger partial charge in [0.05, 0.1) is 0 Å². The number of amides is 1. The lowest BCUT2D eigenvalue weighted by atomic mass is 9.98. The van der Waals surface area contributed by atoms with Crippen LogP contribution in [0.2, 0.25) is 0 Å². The summed E-state index contributed by atoms with van der Waals surface area (Å²) in [6, 6.07) is 22.7. The summed E-state index contributed by atoms with van der Waals surface area (Å²) in [6.45, 7) is 1.12. The summed E-state index contributed by atoms with van der Waals surface area (Å²) >= 11 is 0. The van der Waals surface area contributed by atoms with Crippen LogP contribution in [0, 0.1) is 5.82 Å². The predicted octanol–water partition coefficient (Wildman–Crippen LogP) is 5.00. The van der Waals surface area contributed by atoms with Gasteiger partial charge in [0.1, 0.15) is 12.4 Å². The van der Waals surface area contributed by atoms with E-state index >= 15 is 0 Å². The smallest absolute Gasteiger partial charge is 0.409 e. The normalized spacial score (nSPS) is 12.3. The molecule has 0 saturated carbocycles. The van der Waals surface area contributed by atoms with Gasteiger partial charge in [0.2, 0.25) is 0 Å². The molecule has 1 aliphatic rings. The summed E-state index contributed by atoms with van der Waals surface area (Å²) in [5, 5.41) is 9.21. The zero-order valence-corrected chi connectivity index (χ0v) is 17.3. The summed E-state index contributed by atoms with van der Waals surface area (Å²) < 4.78 is 18.9. The molecule has 0 atom stereocenters. The van der Waals surface area contributed by atoms with Crippen molar-refractivity contribution < 1.29 is 19.0 Å². The Morgan fingerprint density at radius 3 is 2.13 bits per heavy atom. The van der Waals surface area contributed by atoms with Gasteiger partial charge in [-0.05, 0) is 52.8 Å². The van der Waals surface area contributed by atoms with E-state index in [0.717, 1.165) is 5.56 Å². The first-order valence-electron chi connectivity index (χ1n) is 10.6. The van der Waals surface area contributed by atoms with E-state index in [4.69, 9.17) is 4.74 Å². The number of aliphatic hydroxyl groups excluding tert-OH is 1. The van der Waals surface area contributed by atoms with Gasteiger partial charge < -0.3 is 14.7 Å². The number of carbonyl (C=O) groups excluding carboxylic acids is 1. The molecular weight excluding hydrogens is 393 g/mol. The fraction of sp³-hybridized carbons (Fsp3) is 0.269. The number of hydrogen-bond acceptors (Lipinski definition) is 3.